The predicted molar refractivity (Wildman–Crippen MR) is 88.0 cm³/mol. The molecule has 1 N–H and O–H groups in total. The van der Waals surface area contributed by atoms with Crippen LogP contribution in [0.5, 0.6) is 11.5 Å². The SMILES string of the molecule is CCCc1ccc(NC(=O)c2ccc(OC)c(OC(F)F)c2)cc1. The molecule has 0 spiro atoms. The molecule has 0 radical (unpaired) electrons. The second kappa shape index (κ2) is 8.29. The van der Waals surface area contributed by atoms with E-state index in [1.807, 2.05) is 24.3 Å². The van der Waals surface area contributed by atoms with Gasteiger partial charge in [-0.25, -0.2) is 0 Å². The van der Waals surface area contributed by atoms with E-state index >= 15 is 0 Å². The Balaban J connectivity index is 2.14. The molecular weight excluding hydrogens is 316 g/mol. The van der Waals surface area contributed by atoms with Crippen molar-refractivity contribution in [2.75, 3.05) is 12.4 Å². The minimum absolute atomic E-state index is 0.135. The van der Waals surface area contributed by atoms with Gasteiger partial charge in [-0.3, -0.25) is 4.79 Å². The van der Waals surface area contributed by atoms with Crippen LogP contribution in [0, 0.1) is 0 Å². The molecule has 0 unspecified atom stereocenters. The summed E-state index contributed by atoms with van der Waals surface area (Å²) < 4.78 is 34.2. The van der Waals surface area contributed by atoms with Gasteiger partial charge < -0.3 is 14.8 Å². The lowest BCUT2D eigenvalue weighted by Gasteiger charge is -2.12. The number of aryl methyl sites for hydroxylation is 1. The summed E-state index contributed by atoms with van der Waals surface area (Å²) in [6, 6.07) is 11.6. The monoisotopic (exact) mass is 335 g/mol. The van der Waals surface area contributed by atoms with E-state index in [0.29, 0.717) is 5.69 Å². The fraction of sp³-hybridized carbons (Fsp3) is 0.278. The van der Waals surface area contributed by atoms with E-state index in [4.69, 9.17) is 4.74 Å². The van der Waals surface area contributed by atoms with Gasteiger partial charge in [0.1, 0.15) is 0 Å². The molecule has 24 heavy (non-hydrogen) atoms. The Labute approximate surface area is 139 Å². The van der Waals surface area contributed by atoms with E-state index in [1.54, 1.807) is 0 Å². The van der Waals surface area contributed by atoms with E-state index in [2.05, 4.69) is 17.0 Å². The number of halogens is 2. The van der Waals surface area contributed by atoms with Crippen molar-refractivity contribution in [3.05, 3.63) is 53.6 Å². The molecule has 0 fully saturated rings. The fourth-order valence-electron chi connectivity index (χ4n) is 2.25. The Morgan fingerprint density at radius 3 is 2.42 bits per heavy atom. The third kappa shape index (κ3) is 4.68. The standard InChI is InChI=1S/C18H19F2NO3/c1-3-4-12-5-8-14(9-6-12)21-17(22)13-7-10-15(23-2)16(11-13)24-18(19)20/h5-11,18H,3-4H2,1-2H3,(H,21,22). The fourth-order valence-corrected chi connectivity index (χ4v) is 2.25. The van der Waals surface area contributed by atoms with Crippen molar-refractivity contribution in [2.24, 2.45) is 0 Å². The molecule has 1 amide bonds. The molecule has 2 aromatic rings. The average molecular weight is 335 g/mol. The summed E-state index contributed by atoms with van der Waals surface area (Å²) in [6.07, 6.45) is 2.02. The Morgan fingerprint density at radius 2 is 1.83 bits per heavy atom. The molecule has 0 aromatic heterocycles. The van der Waals surface area contributed by atoms with Crippen molar-refractivity contribution in [3.63, 3.8) is 0 Å². The van der Waals surface area contributed by atoms with Crippen molar-refractivity contribution in [1.82, 2.24) is 0 Å². The summed E-state index contributed by atoms with van der Waals surface area (Å²) in [5, 5.41) is 2.72. The van der Waals surface area contributed by atoms with Gasteiger partial charge in [0.05, 0.1) is 7.11 Å². The third-order valence-electron chi connectivity index (χ3n) is 3.39. The molecule has 128 valence electrons. The van der Waals surface area contributed by atoms with Crippen LogP contribution in [0.4, 0.5) is 14.5 Å². The first-order valence-electron chi connectivity index (χ1n) is 7.56. The second-order valence-corrected chi connectivity index (χ2v) is 5.15. The smallest absolute Gasteiger partial charge is 0.387 e. The zero-order valence-corrected chi connectivity index (χ0v) is 13.5. The number of benzene rings is 2. The maximum absolute atomic E-state index is 12.4. The summed E-state index contributed by atoms with van der Waals surface area (Å²) in [6.45, 7) is -0.901. The van der Waals surface area contributed by atoms with Crippen LogP contribution in [0.2, 0.25) is 0 Å². The lowest BCUT2D eigenvalue weighted by Crippen LogP contribution is -2.13. The van der Waals surface area contributed by atoms with Gasteiger partial charge in [0.25, 0.3) is 5.91 Å². The number of rotatable bonds is 7. The molecule has 0 aliphatic rings. The molecule has 4 nitrogen and oxygen atoms in total. The van der Waals surface area contributed by atoms with Crippen LogP contribution in [-0.4, -0.2) is 19.6 Å². The zero-order valence-electron chi connectivity index (χ0n) is 13.5. The number of hydrogen-bond donors (Lipinski definition) is 1. The van der Waals surface area contributed by atoms with Crippen LogP contribution in [0.25, 0.3) is 0 Å². The molecule has 0 heterocycles. The first-order valence-corrected chi connectivity index (χ1v) is 7.56. The van der Waals surface area contributed by atoms with Crippen LogP contribution in [-0.2, 0) is 6.42 Å². The van der Waals surface area contributed by atoms with Gasteiger partial charge in [0.2, 0.25) is 0 Å². The first kappa shape index (κ1) is 17.7. The molecule has 0 bridgehead atoms. The number of amides is 1. The molecule has 0 aliphatic heterocycles. The summed E-state index contributed by atoms with van der Waals surface area (Å²) in [5.41, 5.74) is 2.02. The van der Waals surface area contributed by atoms with Gasteiger partial charge in [0, 0.05) is 11.3 Å². The van der Waals surface area contributed by atoms with E-state index in [-0.39, 0.29) is 17.1 Å². The minimum Gasteiger partial charge on any atom is -0.493 e. The molecule has 0 atom stereocenters. The lowest BCUT2D eigenvalue weighted by atomic mass is 10.1. The maximum atomic E-state index is 12.4. The number of carbonyl (C=O) groups is 1. The number of anilines is 1. The number of hydrogen-bond acceptors (Lipinski definition) is 3. The van der Waals surface area contributed by atoms with Crippen molar-refractivity contribution in [1.29, 1.82) is 0 Å². The molecule has 6 heteroatoms. The van der Waals surface area contributed by atoms with Gasteiger partial charge in [-0.15, -0.1) is 0 Å². The van der Waals surface area contributed by atoms with E-state index in [9.17, 15) is 13.6 Å². The van der Waals surface area contributed by atoms with Crippen LogP contribution in [0.15, 0.2) is 42.5 Å². The van der Waals surface area contributed by atoms with Gasteiger partial charge in [0.15, 0.2) is 11.5 Å². The number of methoxy groups -OCH3 is 1. The molecule has 0 saturated carbocycles. The summed E-state index contributed by atoms with van der Waals surface area (Å²) in [4.78, 5) is 12.3. The number of carbonyl (C=O) groups excluding carboxylic acids is 1. The van der Waals surface area contributed by atoms with Gasteiger partial charge in [-0.2, -0.15) is 8.78 Å². The van der Waals surface area contributed by atoms with Crippen LogP contribution < -0.4 is 14.8 Å². The Kier molecular flexibility index (Phi) is 6.12. The lowest BCUT2D eigenvalue weighted by molar-refractivity contribution is -0.0512. The predicted octanol–water partition coefficient (Wildman–Crippen LogP) is 4.50. The zero-order chi connectivity index (χ0) is 17.5. The largest absolute Gasteiger partial charge is 0.493 e. The number of nitrogens with one attached hydrogen (secondary N) is 1. The van der Waals surface area contributed by atoms with Crippen molar-refractivity contribution in [2.45, 2.75) is 26.4 Å². The summed E-state index contributed by atoms with van der Waals surface area (Å²) in [5.74, 6) is -0.464. The highest BCUT2D eigenvalue weighted by atomic mass is 19.3. The Morgan fingerprint density at radius 1 is 1.12 bits per heavy atom. The van der Waals surface area contributed by atoms with E-state index < -0.39 is 12.5 Å². The molecule has 0 saturated heterocycles. The summed E-state index contributed by atoms with van der Waals surface area (Å²) in [7, 11) is 1.34. The van der Waals surface area contributed by atoms with Crippen LogP contribution in [0.3, 0.4) is 0 Å². The topological polar surface area (TPSA) is 47.6 Å². The highest BCUT2D eigenvalue weighted by Crippen LogP contribution is 2.29. The number of ether oxygens (including phenoxy) is 2. The highest BCUT2D eigenvalue weighted by Gasteiger charge is 2.14. The number of alkyl halides is 2. The van der Waals surface area contributed by atoms with Gasteiger partial charge in [-0.05, 0) is 42.3 Å². The van der Waals surface area contributed by atoms with E-state index in [1.165, 1.54) is 30.9 Å². The van der Waals surface area contributed by atoms with Crippen molar-refractivity contribution >= 4 is 11.6 Å². The molecule has 2 rings (SSSR count). The van der Waals surface area contributed by atoms with Crippen molar-refractivity contribution in [3.8, 4) is 11.5 Å². The quantitative estimate of drug-likeness (QED) is 0.810. The Bertz CT molecular complexity index is 687. The van der Waals surface area contributed by atoms with Crippen LogP contribution in [0.1, 0.15) is 29.3 Å². The average Bonchev–Trinajstić information content (AvgIpc) is 2.56. The summed E-state index contributed by atoms with van der Waals surface area (Å²) >= 11 is 0. The minimum atomic E-state index is -3.00. The molecule has 2 aromatic carbocycles. The normalized spacial score (nSPS) is 10.5. The van der Waals surface area contributed by atoms with Gasteiger partial charge in [-0.1, -0.05) is 25.5 Å². The van der Waals surface area contributed by atoms with E-state index in [0.717, 1.165) is 12.8 Å². The van der Waals surface area contributed by atoms with Crippen molar-refractivity contribution < 1.29 is 23.0 Å². The molecular formula is C18H19F2NO3. The van der Waals surface area contributed by atoms with Gasteiger partial charge >= 0.3 is 6.61 Å². The Hall–Kier alpha value is -2.63. The molecule has 0 aliphatic carbocycles. The van der Waals surface area contributed by atoms with Crippen LogP contribution >= 0.6 is 0 Å². The second-order valence-electron chi connectivity index (χ2n) is 5.15. The maximum Gasteiger partial charge on any atom is 0.387 e. The highest BCUT2D eigenvalue weighted by molar-refractivity contribution is 6.04. The first-order chi connectivity index (χ1) is 11.5. The third-order valence-corrected chi connectivity index (χ3v) is 3.39.